The van der Waals surface area contributed by atoms with Crippen molar-refractivity contribution in [2.75, 3.05) is 0 Å². The van der Waals surface area contributed by atoms with E-state index in [1.807, 2.05) is 13.8 Å². The second-order valence-corrected chi connectivity index (χ2v) is 2.78. The average molecular weight is 132 g/mol. The molecule has 0 saturated heterocycles. The number of ether oxygens (including phenoxy) is 1. The highest BCUT2D eigenvalue weighted by atomic mass is 16.6. The number of aliphatic hydroxyl groups is 1. The summed E-state index contributed by atoms with van der Waals surface area (Å²) in [4.78, 5) is 0. The van der Waals surface area contributed by atoms with Crippen molar-refractivity contribution in [1.29, 1.82) is 0 Å². The maximum Gasteiger partial charge on any atom is 0.160 e. The van der Waals surface area contributed by atoms with E-state index < -0.39 is 5.79 Å². The van der Waals surface area contributed by atoms with Crippen molar-refractivity contribution in [3.63, 3.8) is 0 Å². The molecule has 0 aliphatic rings. The topological polar surface area (TPSA) is 29.5 Å². The first kappa shape index (κ1) is 8.92. The van der Waals surface area contributed by atoms with Gasteiger partial charge < -0.3 is 9.84 Å². The fraction of sp³-hybridized carbons (Fsp3) is 1.00. The lowest BCUT2D eigenvalue weighted by atomic mass is 10.3. The lowest BCUT2D eigenvalue weighted by molar-refractivity contribution is -0.201. The molecule has 0 aromatic carbocycles. The van der Waals surface area contributed by atoms with Gasteiger partial charge in [0.05, 0.1) is 6.10 Å². The summed E-state index contributed by atoms with van der Waals surface area (Å²) in [5.41, 5.74) is 0. The third kappa shape index (κ3) is 5.80. The van der Waals surface area contributed by atoms with Gasteiger partial charge in [-0.3, -0.25) is 0 Å². The number of rotatable bonds is 3. The van der Waals surface area contributed by atoms with Crippen molar-refractivity contribution in [2.24, 2.45) is 0 Å². The Balaban J connectivity index is 3.47. The Morgan fingerprint density at radius 2 is 2.00 bits per heavy atom. The van der Waals surface area contributed by atoms with Crippen molar-refractivity contribution in [3.05, 3.63) is 0 Å². The molecule has 0 aromatic heterocycles. The van der Waals surface area contributed by atoms with Gasteiger partial charge in [-0.1, -0.05) is 6.92 Å². The number of hydrogen-bond donors (Lipinski definition) is 1. The van der Waals surface area contributed by atoms with Crippen LogP contribution in [0.4, 0.5) is 0 Å². The lowest BCUT2D eigenvalue weighted by Crippen LogP contribution is -2.28. The standard InChI is InChI=1S/C7H16O2/c1-5-6(2)9-7(3,4)8/h6,8H,5H2,1-4H3. The predicted octanol–water partition coefficient (Wildman–Crippen LogP) is 1.53. The van der Waals surface area contributed by atoms with Crippen LogP contribution in [0.25, 0.3) is 0 Å². The highest BCUT2D eigenvalue weighted by Gasteiger charge is 2.15. The molecule has 0 radical (unpaired) electrons. The zero-order valence-corrected chi connectivity index (χ0v) is 6.64. The summed E-state index contributed by atoms with van der Waals surface area (Å²) in [6.07, 6.45) is 1.08. The Morgan fingerprint density at radius 3 is 2.11 bits per heavy atom. The lowest BCUT2D eigenvalue weighted by Gasteiger charge is -2.22. The van der Waals surface area contributed by atoms with Crippen LogP contribution >= 0.6 is 0 Å². The summed E-state index contributed by atoms with van der Waals surface area (Å²) >= 11 is 0. The average Bonchev–Trinajstić information content (AvgIpc) is 1.62. The summed E-state index contributed by atoms with van der Waals surface area (Å²) in [6.45, 7) is 7.24. The molecule has 56 valence electrons. The molecule has 0 rings (SSSR count). The van der Waals surface area contributed by atoms with Crippen LogP contribution in [0, 0.1) is 0 Å². The molecule has 0 heterocycles. The third-order valence-corrected chi connectivity index (χ3v) is 1.06. The van der Waals surface area contributed by atoms with E-state index in [1.165, 1.54) is 0 Å². The van der Waals surface area contributed by atoms with Crippen LogP contribution in [-0.4, -0.2) is 17.0 Å². The molecular formula is C7H16O2. The maximum absolute atomic E-state index is 9.10. The molecule has 2 nitrogen and oxygen atoms in total. The molecular weight excluding hydrogens is 116 g/mol. The molecule has 0 fully saturated rings. The van der Waals surface area contributed by atoms with Gasteiger partial charge in [0.1, 0.15) is 0 Å². The maximum atomic E-state index is 9.10. The minimum absolute atomic E-state index is 0.144. The molecule has 1 N–H and O–H groups in total. The smallest absolute Gasteiger partial charge is 0.160 e. The summed E-state index contributed by atoms with van der Waals surface area (Å²) in [5, 5.41) is 9.10. The summed E-state index contributed by atoms with van der Waals surface area (Å²) in [7, 11) is 0. The summed E-state index contributed by atoms with van der Waals surface area (Å²) < 4.78 is 5.14. The molecule has 0 bridgehead atoms. The minimum atomic E-state index is -0.977. The Bertz CT molecular complexity index is 73.5. The van der Waals surface area contributed by atoms with E-state index in [0.29, 0.717) is 0 Å². The molecule has 0 aromatic rings. The zero-order chi connectivity index (χ0) is 7.49. The molecule has 1 unspecified atom stereocenters. The van der Waals surface area contributed by atoms with Crippen LogP contribution in [0.15, 0.2) is 0 Å². The van der Waals surface area contributed by atoms with Gasteiger partial charge in [0.25, 0.3) is 0 Å². The van der Waals surface area contributed by atoms with Gasteiger partial charge in [-0.15, -0.1) is 0 Å². The number of hydrogen-bond acceptors (Lipinski definition) is 2. The first-order chi connectivity index (χ1) is 3.95. The van der Waals surface area contributed by atoms with Crippen LogP contribution in [-0.2, 0) is 4.74 Å². The van der Waals surface area contributed by atoms with E-state index in [0.717, 1.165) is 6.42 Å². The van der Waals surface area contributed by atoms with E-state index in [9.17, 15) is 0 Å². The van der Waals surface area contributed by atoms with Crippen molar-refractivity contribution in [3.8, 4) is 0 Å². The Hall–Kier alpha value is -0.0800. The molecule has 0 saturated carbocycles. The van der Waals surface area contributed by atoms with Crippen molar-refractivity contribution in [1.82, 2.24) is 0 Å². The quantitative estimate of drug-likeness (QED) is 0.590. The van der Waals surface area contributed by atoms with Crippen LogP contribution in [0.2, 0.25) is 0 Å². The minimum Gasteiger partial charge on any atom is -0.366 e. The van der Waals surface area contributed by atoms with Gasteiger partial charge in [-0.25, -0.2) is 0 Å². The second kappa shape index (κ2) is 3.18. The van der Waals surface area contributed by atoms with E-state index in [-0.39, 0.29) is 6.10 Å². The van der Waals surface area contributed by atoms with E-state index >= 15 is 0 Å². The van der Waals surface area contributed by atoms with Crippen LogP contribution in [0.3, 0.4) is 0 Å². The largest absolute Gasteiger partial charge is 0.366 e. The molecule has 0 amide bonds. The van der Waals surface area contributed by atoms with Crippen molar-refractivity contribution >= 4 is 0 Å². The molecule has 9 heavy (non-hydrogen) atoms. The Labute approximate surface area is 56.8 Å². The van der Waals surface area contributed by atoms with Gasteiger partial charge >= 0.3 is 0 Å². The van der Waals surface area contributed by atoms with Gasteiger partial charge in [-0.2, -0.15) is 0 Å². The van der Waals surface area contributed by atoms with Gasteiger partial charge in [0, 0.05) is 0 Å². The SMILES string of the molecule is CCC(C)OC(C)(C)O. The van der Waals surface area contributed by atoms with Gasteiger partial charge in [0.15, 0.2) is 5.79 Å². The summed E-state index contributed by atoms with van der Waals surface area (Å²) in [5.74, 6) is -0.977. The van der Waals surface area contributed by atoms with Gasteiger partial charge in [0.2, 0.25) is 0 Å². The Kier molecular flexibility index (Phi) is 3.15. The van der Waals surface area contributed by atoms with Crippen LogP contribution < -0.4 is 0 Å². The Morgan fingerprint density at radius 1 is 1.56 bits per heavy atom. The molecule has 0 aliphatic carbocycles. The molecule has 2 heteroatoms. The van der Waals surface area contributed by atoms with Crippen molar-refractivity contribution in [2.45, 2.75) is 46.0 Å². The second-order valence-electron chi connectivity index (χ2n) is 2.78. The zero-order valence-electron chi connectivity index (χ0n) is 6.64. The first-order valence-electron chi connectivity index (χ1n) is 3.36. The fourth-order valence-corrected chi connectivity index (χ4v) is 0.576. The fourth-order valence-electron chi connectivity index (χ4n) is 0.576. The van der Waals surface area contributed by atoms with Crippen LogP contribution in [0.5, 0.6) is 0 Å². The highest BCUT2D eigenvalue weighted by molar-refractivity contribution is 4.53. The molecule has 1 atom stereocenters. The summed E-state index contributed by atoms with van der Waals surface area (Å²) in [6, 6.07) is 0. The predicted molar refractivity (Wildman–Crippen MR) is 37.1 cm³/mol. The normalized spacial score (nSPS) is 15.7. The van der Waals surface area contributed by atoms with Crippen molar-refractivity contribution < 1.29 is 9.84 Å². The van der Waals surface area contributed by atoms with Gasteiger partial charge in [-0.05, 0) is 27.2 Å². The van der Waals surface area contributed by atoms with E-state index in [4.69, 9.17) is 9.84 Å². The monoisotopic (exact) mass is 132 g/mol. The van der Waals surface area contributed by atoms with E-state index in [1.54, 1.807) is 13.8 Å². The van der Waals surface area contributed by atoms with Crippen LogP contribution in [0.1, 0.15) is 34.1 Å². The highest BCUT2D eigenvalue weighted by Crippen LogP contribution is 2.08. The van der Waals surface area contributed by atoms with E-state index in [2.05, 4.69) is 0 Å². The first-order valence-corrected chi connectivity index (χ1v) is 3.36. The molecule has 0 spiro atoms. The molecule has 0 aliphatic heterocycles. The third-order valence-electron chi connectivity index (χ3n) is 1.06.